The zero-order valence-corrected chi connectivity index (χ0v) is 15.6. The molecule has 0 aromatic heterocycles. The minimum absolute atomic E-state index is 0.185. The number of allylic oxidation sites excluding steroid dienone is 1. The number of sulfonamides is 1. The van der Waals surface area contributed by atoms with Gasteiger partial charge in [-0.2, -0.15) is 0 Å². The molecule has 0 fully saturated rings. The SMILES string of the molecule is CCCC/C1=C/CC(C)CCN(S(=O)(=O)c2ccc(C)cc2)C1=O. The van der Waals surface area contributed by atoms with E-state index in [0.29, 0.717) is 24.3 Å². The number of hydrogen-bond acceptors (Lipinski definition) is 3. The fourth-order valence-electron chi connectivity index (χ4n) is 2.79. The molecule has 1 amide bonds. The van der Waals surface area contributed by atoms with Crippen molar-refractivity contribution < 1.29 is 13.2 Å². The number of benzene rings is 1. The Morgan fingerprint density at radius 3 is 2.50 bits per heavy atom. The number of unbranched alkanes of at least 4 members (excludes halogenated alkanes) is 1. The smallest absolute Gasteiger partial charge is 0.266 e. The van der Waals surface area contributed by atoms with E-state index >= 15 is 0 Å². The number of nitrogens with zero attached hydrogens (tertiary/aromatic N) is 1. The fourth-order valence-corrected chi connectivity index (χ4v) is 4.21. The highest BCUT2D eigenvalue weighted by Crippen LogP contribution is 2.25. The molecule has 0 saturated heterocycles. The van der Waals surface area contributed by atoms with Crippen LogP contribution in [0.1, 0.15) is 51.5 Å². The monoisotopic (exact) mass is 349 g/mol. The summed E-state index contributed by atoms with van der Waals surface area (Å²) in [6.45, 7) is 6.32. The van der Waals surface area contributed by atoms with Crippen molar-refractivity contribution in [3.05, 3.63) is 41.5 Å². The number of hydrogen-bond donors (Lipinski definition) is 0. The van der Waals surface area contributed by atoms with E-state index in [2.05, 4.69) is 13.8 Å². The Hall–Kier alpha value is -1.62. The van der Waals surface area contributed by atoms with Gasteiger partial charge in [0.15, 0.2) is 0 Å². The summed E-state index contributed by atoms with van der Waals surface area (Å²) in [7, 11) is -3.81. The van der Waals surface area contributed by atoms with Crippen molar-refractivity contribution in [2.24, 2.45) is 5.92 Å². The Kier molecular flexibility index (Phi) is 6.21. The second-order valence-electron chi connectivity index (χ2n) is 6.66. The predicted molar refractivity (Wildman–Crippen MR) is 96.1 cm³/mol. The van der Waals surface area contributed by atoms with Crippen LogP contribution in [0.5, 0.6) is 0 Å². The van der Waals surface area contributed by atoms with E-state index in [4.69, 9.17) is 0 Å². The number of carbonyl (C=O) groups is 1. The molecule has 0 saturated carbocycles. The molecule has 1 aromatic rings. The van der Waals surface area contributed by atoms with Crippen molar-refractivity contribution in [3.63, 3.8) is 0 Å². The summed E-state index contributed by atoms with van der Waals surface area (Å²) in [5.74, 6) is 0.0152. The maximum Gasteiger partial charge on any atom is 0.266 e. The summed E-state index contributed by atoms with van der Waals surface area (Å²) in [6, 6.07) is 6.68. The second-order valence-corrected chi connectivity index (χ2v) is 8.52. The van der Waals surface area contributed by atoms with Crippen LogP contribution in [0.2, 0.25) is 0 Å². The molecule has 0 radical (unpaired) electrons. The molecule has 132 valence electrons. The number of aryl methyl sites for hydroxylation is 1. The Bertz CT molecular complexity index is 705. The molecule has 0 aliphatic carbocycles. The first kappa shape index (κ1) is 18.7. The molecule has 5 heteroatoms. The lowest BCUT2D eigenvalue weighted by Gasteiger charge is -2.27. The normalized spacial score (nSPS) is 21.8. The highest BCUT2D eigenvalue weighted by Gasteiger charge is 2.32. The summed E-state index contributed by atoms with van der Waals surface area (Å²) in [5.41, 5.74) is 1.63. The Morgan fingerprint density at radius 1 is 1.21 bits per heavy atom. The average molecular weight is 349 g/mol. The molecule has 1 aliphatic rings. The van der Waals surface area contributed by atoms with Crippen LogP contribution in [0, 0.1) is 12.8 Å². The van der Waals surface area contributed by atoms with Gasteiger partial charge in [0, 0.05) is 12.1 Å². The molecule has 0 spiro atoms. The lowest BCUT2D eigenvalue weighted by Crippen LogP contribution is -2.40. The maximum atomic E-state index is 13.0. The van der Waals surface area contributed by atoms with Crippen molar-refractivity contribution in [2.75, 3.05) is 6.54 Å². The topological polar surface area (TPSA) is 54.5 Å². The fraction of sp³-hybridized carbons (Fsp3) is 0.526. The zero-order chi connectivity index (χ0) is 17.7. The van der Waals surface area contributed by atoms with Crippen molar-refractivity contribution in [3.8, 4) is 0 Å². The van der Waals surface area contributed by atoms with Gasteiger partial charge in [0.1, 0.15) is 0 Å². The van der Waals surface area contributed by atoms with E-state index in [9.17, 15) is 13.2 Å². The lowest BCUT2D eigenvalue weighted by atomic mass is 9.97. The van der Waals surface area contributed by atoms with E-state index in [0.717, 1.165) is 29.1 Å². The summed E-state index contributed by atoms with van der Waals surface area (Å²) in [5, 5.41) is 0. The Morgan fingerprint density at radius 2 is 1.88 bits per heavy atom. The van der Waals surface area contributed by atoms with Crippen LogP contribution in [-0.2, 0) is 14.8 Å². The largest absolute Gasteiger partial charge is 0.268 e. The number of rotatable bonds is 5. The quantitative estimate of drug-likeness (QED) is 0.805. The van der Waals surface area contributed by atoms with Crippen molar-refractivity contribution in [1.82, 2.24) is 4.31 Å². The third-order valence-corrected chi connectivity index (χ3v) is 6.30. The Labute approximate surface area is 145 Å². The molecule has 0 N–H and O–H groups in total. The standard InChI is InChI=1S/C19H27NO3S/c1-4-5-6-17-10-7-16(3)13-14-20(19(17)21)24(22,23)18-11-8-15(2)9-12-18/h8-12,16H,4-7,13-14H2,1-3H3/b17-10-. The van der Waals surface area contributed by atoms with Gasteiger partial charge in [-0.1, -0.05) is 44.0 Å². The summed E-state index contributed by atoms with van der Waals surface area (Å²) in [4.78, 5) is 13.1. The summed E-state index contributed by atoms with van der Waals surface area (Å²) < 4.78 is 27.0. The van der Waals surface area contributed by atoms with Crippen LogP contribution in [-0.4, -0.2) is 25.2 Å². The van der Waals surface area contributed by atoms with Gasteiger partial charge in [-0.3, -0.25) is 4.79 Å². The average Bonchev–Trinajstić information content (AvgIpc) is 2.53. The van der Waals surface area contributed by atoms with Gasteiger partial charge >= 0.3 is 0 Å². The first-order chi connectivity index (χ1) is 11.4. The first-order valence-corrected chi connectivity index (χ1v) is 10.1. The summed E-state index contributed by atoms with van der Waals surface area (Å²) in [6.07, 6.45) is 5.98. The predicted octanol–water partition coefficient (Wildman–Crippen LogP) is 4.06. The highest BCUT2D eigenvalue weighted by atomic mass is 32.2. The van der Waals surface area contributed by atoms with Crippen molar-refractivity contribution in [1.29, 1.82) is 0 Å². The van der Waals surface area contributed by atoms with Gasteiger partial charge in [0.25, 0.3) is 15.9 Å². The van der Waals surface area contributed by atoms with Gasteiger partial charge in [0.05, 0.1) is 4.90 Å². The van der Waals surface area contributed by atoms with Gasteiger partial charge in [-0.15, -0.1) is 0 Å². The third kappa shape index (κ3) is 4.26. The van der Waals surface area contributed by atoms with Crippen molar-refractivity contribution >= 4 is 15.9 Å². The second kappa shape index (κ2) is 7.97. The van der Waals surface area contributed by atoms with E-state index in [1.54, 1.807) is 24.3 Å². The molecule has 4 nitrogen and oxygen atoms in total. The third-order valence-electron chi connectivity index (χ3n) is 4.50. The van der Waals surface area contributed by atoms with E-state index in [1.165, 1.54) is 0 Å². The van der Waals surface area contributed by atoms with E-state index < -0.39 is 10.0 Å². The van der Waals surface area contributed by atoms with Gasteiger partial charge in [-0.25, -0.2) is 12.7 Å². The zero-order valence-electron chi connectivity index (χ0n) is 14.8. The molecule has 1 atom stereocenters. The number of amides is 1. The molecule has 1 aliphatic heterocycles. The minimum atomic E-state index is -3.81. The highest BCUT2D eigenvalue weighted by molar-refractivity contribution is 7.89. The molecule has 1 aromatic carbocycles. The molecule has 1 unspecified atom stereocenters. The van der Waals surface area contributed by atoms with Crippen LogP contribution >= 0.6 is 0 Å². The van der Waals surface area contributed by atoms with Crippen LogP contribution in [0.3, 0.4) is 0 Å². The van der Waals surface area contributed by atoms with Gasteiger partial charge in [-0.05, 0) is 50.7 Å². The van der Waals surface area contributed by atoms with Gasteiger partial charge in [0.2, 0.25) is 0 Å². The van der Waals surface area contributed by atoms with E-state index in [-0.39, 0.29) is 17.3 Å². The summed E-state index contributed by atoms with van der Waals surface area (Å²) >= 11 is 0. The maximum absolute atomic E-state index is 13.0. The lowest BCUT2D eigenvalue weighted by molar-refractivity contribution is -0.123. The molecular weight excluding hydrogens is 322 g/mol. The van der Waals surface area contributed by atoms with Gasteiger partial charge < -0.3 is 0 Å². The van der Waals surface area contributed by atoms with E-state index in [1.807, 2.05) is 13.0 Å². The molecule has 0 bridgehead atoms. The van der Waals surface area contributed by atoms with Crippen LogP contribution in [0.4, 0.5) is 0 Å². The molecule has 24 heavy (non-hydrogen) atoms. The first-order valence-electron chi connectivity index (χ1n) is 8.69. The minimum Gasteiger partial charge on any atom is -0.268 e. The van der Waals surface area contributed by atoms with Crippen molar-refractivity contribution in [2.45, 2.75) is 57.8 Å². The number of carbonyl (C=O) groups excluding carboxylic acids is 1. The van der Waals surface area contributed by atoms with Crippen LogP contribution in [0.15, 0.2) is 40.8 Å². The Balaban J connectivity index is 2.37. The van der Waals surface area contributed by atoms with Crippen LogP contribution in [0.25, 0.3) is 0 Å². The molecule has 2 rings (SSSR count). The molecule has 1 heterocycles. The van der Waals surface area contributed by atoms with Crippen LogP contribution < -0.4 is 0 Å². The molecular formula is C19H27NO3S.